The summed E-state index contributed by atoms with van der Waals surface area (Å²) in [5.41, 5.74) is -0.972. The van der Waals surface area contributed by atoms with Crippen molar-refractivity contribution in [1.82, 2.24) is 9.24 Å². The van der Waals surface area contributed by atoms with E-state index in [1.165, 1.54) is 24.4 Å². The summed E-state index contributed by atoms with van der Waals surface area (Å²) < 4.78 is 81.6. The van der Waals surface area contributed by atoms with E-state index in [9.17, 15) is 41.0 Å². The van der Waals surface area contributed by atoms with E-state index in [0.717, 1.165) is 0 Å². The van der Waals surface area contributed by atoms with E-state index in [0.29, 0.717) is 38.2 Å². The maximum Gasteiger partial charge on any atom is 0.416 e. The minimum absolute atomic E-state index is 0.0376. The number of hydrogen-bond acceptors (Lipinski definition) is 4. The van der Waals surface area contributed by atoms with Crippen molar-refractivity contribution in [2.24, 2.45) is 4.99 Å². The van der Waals surface area contributed by atoms with E-state index in [4.69, 9.17) is 0 Å². The third kappa shape index (κ3) is 5.51. The number of alkyl halides is 6. The van der Waals surface area contributed by atoms with Gasteiger partial charge in [0.15, 0.2) is 0 Å². The number of aromatic hydroxyl groups is 1. The van der Waals surface area contributed by atoms with E-state index >= 15 is 0 Å². The molecule has 3 aromatic carbocycles. The first-order valence-electron chi connectivity index (χ1n) is 11.9. The van der Waals surface area contributed by atoms with Crippen molar-refractivity contribution < 1.29 is 36.2 Å². The van der Waals surface area contributed by atoms with Gasteiger partial charge in [-0.25, -0.2) is 4.79 Å². The van der Waals surface area contributed by atoms with Crippen LogP contribution in [0.2, 0.25) is 0 Å². The zero-order valence-corrected chi connectivity index (χ0v) is 20.7. The third-order valence-electron chi connectivity index (χ3n) is 6.24. The number of rotatable bonds is 5. The first-order chi connectivity index (χ1) is 19.3. The van der Waals surface area contributed by atoms with Crippen molar-refractivity contribution in [2.45, 2.75) is 18.9 Å². The van der Waals surface area contributed by atoms with E-state index in [1.54, 1.807) is 42.5 Å². The molecule has 210 valence electrons. The molecule has 7 nitrogen and oxygen atoms in total. The Kier molecular flexibility index (Phi) is 6.81. The molecule has 0 fully saturated rings. The standard InChI is InChI=1S/C28H18F6N4O3/c29-27(30,31)19-10-16(11-20(13-19)28(32,33)34)15-37-25(40)23(12-18-14-35-22-9-5-4-8-21(18)22)38(26(37)41)36-24(39)17-6-2-1-3-7-17/h1-14,40H,15H2,(H,36,39). The number of amides is 1. The highest BCUT2D eigenvalue weighted by molar-refractivity contribution is 6.21. The number of benzene rings is 3. The largest absolute Gasteiger partial charge is 0.493 e. The van der Waals surface area contributed by atoms with Crippen LogP contribution in [0.25, 0.3) is 11.6 Å². The minimum Gasteiger partial charge on any atom is -0.493 e. The zero-order chi connectivity index (χ0) is 29.5. The molecule has 0 saturated heterocycles. The molecule has 1 amide bonds. The summed E-state index contributed by atoms with van der Waals surface area (Å²) in [6.45, 7) is -0.868. The molecule has 0 bridgehead atoms. The fraction of sp³-hybridized carbons (Fsp3) is 0.107. The van der Waals surface area contributed by atoms with Crippen molar-refractivity contribution in [3.63, 3.8) is 0 Å². The molecular weight excluding hydrogens is 554 g/mol. The average Bonchev–Trinajstić information content (AvgIpc) is 3.43. The number of para-hydroxylation sites is 1. The lowest BCUT2D eigenvalue weighted by Crippen LogP contribution is -2.35. The number of nitrogens with zero attached hydrogens (tertiary/aromatic N) is 3. The number of nitrogens with one attached hydrogen (secondary N) is 1. The topological polar surface area (TPSA) is 88.6 Å². The predicted molar refractivity (Wildman–Crippen MR) is 139 cm³/mol. The first-order valence-corrected chi connectivity index (χ1v) is 11.9. The Morgan fingerprint density at radius 3 is 2.15 bits per heavy atom. The van der Waals surface area contributed by atoms with Gasteiger partial charge in [-0.1, -0.05) is 36.4 Å². The summed E-state index contributed by atoms with van der Waals surface area (Å²) in [5.74, 6) is -1.57. The van der Waals surface area contributed by atoms with Crippen molar-refractivity contribution in [3.05, 3.63) is 117 Å². The number of aromatic nitrogens is 2. The Morgan fingerprint density at radius 2 is 1.51 bits per heavy atom. The van der Waals surface area contributed by atoms with Crippen LogP contribution in [0.3, 0.4) is 0 Å². The second-order valence-electron chi connectivity index (χ2n) is 9.01. The van der Waals surface area contributed by atoms with E-state index in [1.807, 2.05) is 0 Å². The lowest BCUT2D eigenvalue weighted by molar-refractivity contribution is -0.143. The van der Waals surface area contributed by atoms with Crippen LogP contribution in [0.1, 0.15) is 38.3 Å². The van der Waals surface area contributed by atoms with Crippen LogP contribution >= 0.6 is 0 Å². The van der Waals surface area contributed by atoms with Gasteiger partial charge in [-0.3, -0.25) is 19.8 Å². The molecule has 0 radical (unpaired) electrons. The zero-order valence-electron chi connectivity index (χ0n) is 20.7. The van der Waals surface area contributed by atoms with Gasteiger partial charge in [0.25, 0.3) is 5.91 Å². The van der Waals surface area contributed by atoms with Crippen molar-refractivity contribution in [2.75, 3.05) is 5.43 Å². The van der Waals surface area contributed by atoms with Gasteiger partial charge in [-0.05, 0) is 48.0 Å². The molecule has 1 aromatic heterocycles. The number of carbonyl (C=O) groups excluding carboxylic acids is 1. The Morgan fingerprint density at radius 1 is 0.902 bits per heavy atom. The molecule has 4 aromatic rings. The minimum atomic E-state index is -5.11. The lowest BCUT2D eigenvalue weighted by atomic mass is 10.0. The number of allylic oxidation sites excluding steroid dienone is 1. The van der Waals surface area contributed by atoms with Crippen LogP contribution in [0.5, 0.6) is 5.88 Å². The van der Waals surface area contributed by atoms with Gasteiger partial charge in [-0.2, -0.15) is 31.0 Å². The van der Waals surface area contributed by atoms with Crippen LogP contribution in [-0.4, -0.2) is 26.5 Å². The number of hydrogen-bond donors (Lipinski definition) is 2. The maximum atomic E-state index is 13.4. The van der Waals surface area contributed by atoms with Crippen molar-refractivity contribution in [3.8, 4) is 5.88 Å². The van der Waals surface area contributed by atoms with Gasteiger partial charge in [0.1, 0.15) is 5.69 Å². The summed E-state index contributed by atoms with van der Waals surface area (Å²) in [4.78, 5) is 30.5. The third-order valence-corrected chi connectivity index (χ3v) is 6.24. The van der Waals surface area contributed by atoms with Crippen molar-refractivity contribution >= 4 is 29.5 Å². The molecule has 5 rings (SSSR count). The highest BCUT2D eigenvalue weighted by Crippen LogP contribution is 2.37. The Bertz CT molecular complexity index is 1730. The molecule has 0 unspecified atom stereocenters. The molecule has 0 spiro atoms. The summed E-state index contributed by atoms with van der Waals surface area (Å²) in [5, 5.41) is 11.1. The van der Waals surface area contributed by atoms with Crippen molar-refractivity contribution in [1.29, 1.82) is 0 Å². The van der Waals surface area contributed by atoms with Crippen LogP contribution in [0, 0.1) is 0 Å². The fourth-order valence-electron chi connectivity index (χ4n) is 4.28. The summed E-state index contributed by atoms with van der Waals surface area (Å²) in [6.07, 6.45) is -7.45. The molecule has 2 heterocycles. The average molecular weight is 572 g/mol. The van der Waals surface area contributed by atoms with Crippen LogP contribution < -0.4 is 11.1 Å². The number of fused-ring (bicyclic) bond motifs is 1. The van der Waals surface area contributed by atoms with Gasteiger partial charge in [-0.15, -0.1) is 0 Å². The SMILES string of the molecule is O=C(Nn1c(C=C2C=Nc3ccccc32)c(O)n(Cc2cc(C(F)(F)F)cc(C(F)(F)F)c2)c1=O)c1ccccc1. The highest BCUT2D eigenvalue weighted by Gasteiger charge is 2.37. The van der Waals surface area contributed by atoms with Gasteiger partial charge < -0.3 is 5.11 Å². The molecular formula is C28H18F6N4O3. The number of carbonyl (C=O) groups is 1. The normalized spacial score (nSPS) is 14.0. The molecule has 1 aliphatic rings. The highest BCUT2D eigenvalue weighted by atomic mass is 19.4. The predicted octanol–water partition coefficient (Wildman–Crippen LogP) is 6.08. The van der Waals surface area contributed by atoms with Crippen LogP contribution in [-0.2, 0) is 18.9 Å². The summed E-state index contributed by atoms with van der Waals surface area (Å²) >= 11 is 0. The van der Waals surface area contributed by atoms with E-state index in [2.05, 4.69) is 10.4 Å². The molecule has 2 N–H and O–H groups in total. The van der Waals surface area contributed by atoms with Crippen LogP contribution in [0.4, 0.5) is 32.0 Å². The van der Waals surface area contributed by atoms with E-state index < -0.39 is 53.1 Å². The number of halogens is 6. The Labute approximate surface area is 227 Å². The van der Waals surface area contributed by atoms with Gasteiger partial charge in [0.2, 0.25) is 5.88 Å². The lowest BCUT2D eigenvalue weighted by Gasteiger charge is -2.14. The van der Waals surface area contributed by atoms with Gasteiger partial charge >= 0.3 is 18.0 Å². The smallest absolute Gasteiger partial charge is 0.416 e. The van der Waals surface area contributed by atoms with Gasteiger partial charge in [0, 0.05) is 22.9 Å². The number of aliphatic imine (C=N–C) groups is 1. The van der Waals surface area contributed by atoms with Gasteiger partial charge in [0.05, 0.1) is 23.4 Å². The molecule has 0 atom stereocenters. The van der Waals surface area contributed by atoms with E-state index in [-0.39, 0.29) is 17.3 Å². The second kappa shape index (κ2) is 10.2. The first kappa shape index (κ1) is 27.5. The molecule has 13 heteroatoms. The molecule has 0 aliphatic carbocycles. The Hall–Kier alpha value is -5.07. The Balaban J connectivity index is 1.64. The quantitative estimate of drug-likeness (QED) is 0.284. The summed E-state index contributed by atoms with van der Waals surface area (Å²) in [6, 6.07) is 15.5. The number of imidazole rings is 1. The molecule has 0 saturated carbocycles. The molecule has 1 aliphatic heterocycles. The summed E-state index contributed by atoms with van der Waals surface area (Å²) in [7, 11) is 0. The monoisotopic (exact) mass is 572 g/mol. The fourth-order valence-corrected chi connectivity index (χ4v) is 4.28. The maximum absolute atomic E-state index is 13.4. The van der Waals surface area contributed by atoms with Crippen LogP contribution in [0.15, 0.2) is 82.6 Å². The second-order valence-corrected chi connectivity index (χ2v) is 9.01. The molecule has 41 heavy (non-hydrogen) atoms.